The largest absolute Gasteiger partial charge is 0.371 e. The third-order valence-corrected chi connectivity index (χ3v) is 3.97. The van der Waals surface area contributed by atoms with Crippen molar-refractivity contribution in [3.63, 3.8) is 0 Å². The van der Waals surface area contributed by atoms with E-state index in [9.17, 15) is 9.59 Å². The first-order valence-electron chi connectivity index (χ1n) is 7.22. The van der Waals surface area contributed by atoms with Gasteiger partial charge < -0.3 is 14.2 Å². The van der Waals surface area contributed by atoms with Crippen LogP contribution in [0.15, 0.2) is 9.62 Å². The Bertz CT molecular complexity index is 617. The van der Waals surface area contributed by atoms with Crippen molar-refractivity contribution in [2.45, 2.75) is 39.4 Å². The first kappa shape index (κ1) is 14.7. The molecule has 1 saturated heterocycles. The Balaban J connectivity index is 1.52. The van der Waals surface area contributed by atoms with Crippen molar-refractivity contribution in [1.82, 2.24) is 15.5 Å². The van der Waals surface area contributed by atoms with Gasteiger partial charge in [0.1, 0.15) is 11.5 Å². The Kier molecular flexibility index (Phi) is 3.93. The van der Waals surface area contributed by atoms with E-state index in [-0.39, 0.29) is 30.1 Å². The summed E-state index contributed by atoms with van der Waals surface area (Å²) in [5, 5.41) is 7.65. The van der Waals surface area contributed by atoms with Crippen LogP contribution in [-0.2, 0) is 20.9 Å². The van der Waals surface area contributed by atoms with E-state index in [2.05, 4.69) is 15.7 Å². The van der Waals surface area contributed by atoms with Gasteiger partial charge in [-0.15, -0.1) is 0 Å². The summed E-state index contributed by atoms with van der Waals surface area (Å²) in [6, 6.07) is 0. The maximum atomic E-state index is 12.2. The molecule has 1 aromatic rings. The van der Waals surface area contributed by atoms with Gasteiger partial charge in [-0.25, -0.2) is 5.43 Å². The zero-order valence-corrected chi connectivity index (χ0v) is 12.6. The fourth-order valence-corrected chi connectivity index (χ4v) is 2.62. The molecule has 0 aromatic carbocycles. The molecule has 3 rings (SSSR count). The number of carbonyl (C=O) groups is 2. The number of rotatable bonds is 4. The molecular weight excluding hydrogens is 288 g/mol. The number of hydrogen-bond donors (Lipinski definition) is 1. The van der Waals surface area contributed by atoms with Gasteiger partial charge in [-0.05, 0) is 20.3 Å². The van der Waals surface area contributed by atoms with Crippen LogP contribution in [0.25, 0.3) is 0 Å². The minimum Gasteiger partial charge on any atom is -0.371 e. The van der Waals surface area contributed by atoms with Crippen LogP contribution in [0.4, 0.5) is 0 Å². The molecule has 1 N–H and O–H groups in total. The fraction of sp³-hybridized carbons (Fsp3) is 0.571. The SMILES string of the molecule is Cc1noc(C)c1COC1CCN(C(=O)C2=NNC(=O)C2)C1. The molecule has 2 aliphatic rings. The van der Waals surface area contributed by atoms with Crippen LogP contribution in [0.3, 0.4) is 0 Å². The third-order valence-electron chi connectivity index (χ3n) is 3.97. The number of nitrogens with zero attached hydrogens (tertiary/aromatic N) is 3. The molecule has 0 aliphatic carbocycles. The summed E-state index contributed by atoms with van der Waals surface area (Å²) >= 11 is 0. The van der Waals surface area contributed by atoms with Crippen LogP contribution >= 0.6 is 0 Å². The number of hydrazone groups is 1. The second-order valence-electron chi connectivity index (χ2n) is 5.55. The highest BCUT2D eigenvalue weighted by molar-refractivity contribution is 6.43. The molecule has 8 heteroatoms. The van der Waals surface area contributed by atoms with Crippen LogP contribution in [-0.4, -0.2) is 46.8 Å². The Morgan fingerprint density at radius 3 is 2.95 bits per heavy atom. The first-order chi connectivity index (χ1) is 10.5. The second kappa shape index (κ2) is 5.88. The zero-order valence-electron chi connectivity index (χ0n) is 12.6. The van der Waals surface area contributed by atoms with Gasteiger partial charge in [0.15, 0.2) is 0 Å². The number of nitrogens with one attached hydrogen (secondary N) is 1. The minimum atomic E-state index is -0.242. The smallest absolute Gasteiger partial charge is 0.270 e. The molecule has 8 nitrogen and oxygen atoms in total. The Labute approximate surface area is 127 Å². The molecule has 1 unspecified atom stereocenters. The number of aryl methyl sites for hydroxylation is 2. The number of ether oxygens (including phenoxy) is 1. The molecule has 0 spiro atoms. The van der Waals surface area contributed by atoms with Crippen molar-refractivity contribution in [1.29, 1.82) is 0 Å². The molecule has 2 amide bonds. The molecule has 1 aromatic heterocycles. The van der Waals surface area contributed by atoms with Crippen LogP contribution in [0.2, 0.25) is 0 Å². The van der Waals surface area contributed by atoms with Crippen molar-refractivity contribution >= 4 is 17.5 Å². The molecule has 0 radical (unpaired) electrons. The quantitative estimate of drug-likeness (QED) is 0.862. The van der Waals surface area contributed by atoms with E-state index in [1.807, 2.05) is 13.8 Å². The van der Waals surface area contributed by atoms with Crippen molar-refractivity contribution in [2.75, 3.05) is 13.1 Å². The highest BCUT2D eigenvalue weighted by Gasteiger charge is 2.32. The van der Waals surface area contributed by atoms with Crippen molar-refractivity contribution < 1.29 is 18.8 Å². The molecule has 2 aliphatic heterocycles. The standard InChI is InChI=1S/C14H18N4O4/c1-8-11(9(2)22-17-8)7-21-10-3-4-18(6-10)14(20)12-5-13(19)16-15-12/h10H,3-7H2,1-2H3,(H,16,19). The lowest BCUT2D eigenvalue weighted by Gasteiger charge is -2.16. The molecular formula is C14H18N4O4. The van der Waals surface area contributed by atoms with Gasteiger partial charge >= 0.3 is 0 Å². The third kappa shape index (κ3) is 2.87. The number of amides is 2. The van der Waals surface area contributed by atoms with E-state index >= 15 is 0 Å². The predicted octanol–water partition coefficient (Wildman–Crippen LogP) is 0.285. The number of aromatic nitrogens is 1. The maximum absolute atomic E-state index is 12.2. The lowest BCUT2D eigenvalue weighted by atomic mass is 10.2. The highest BCUT2D eigenvalue weighted by Crippen LogP contribution is 2.19. The molecule has 3 heterocycles. The average Bonchev–Trinajstić information content (AvgIpc) is 3.19. The minimum absolute atomic E-state index is 0.0247. The fourth-order valence-electron chi connectivity index (χ4n) is 2.62. The van der Waals surface area contributed by atoms with E-state index < -0.39 is 0 Å². The average molecular weight is 306 g/mol. The number of likely N-dealkylation sites (tertiary alicyclic amines) is 1. The number of hydrogen-bond acceptors (Lipinski definition) is 6. The van der Waals surface area contributed by atoms with Crippen molar-refractivity contribution in [3.05, 3.63) is 17.0 Å². The Morgan fingerprint density at radius 1 is 1.50 bits per heavy atom. The monoisotopic (exact) mass is 306 g/mol. The first-order valence-corrected chi connectivity index (χ1v) is 7.22. The summed E-state index contributed by atoms with van der Waals surface area (Å²) in [6.45, 7) is 5.27. The van der Waals surface area contributed by atoms with E-state index in [0.29, 0.717) is 19.7 Å². The summed E-state index contributed by atoms with van der Waals surface area (Å²) in [7, 11) is 0. The van der Waals surface area contributed by atoms with E-state index in [1.54, 1.807) is 4.90 Å². The molecule has 1 atom stereocenters. The summed E-state index contributed by atoms with van der Waals surface area (Å²) in [4.78, 5) is 25.0. The van der Waals surface area contributed by atoms with Gasteiger partial charge in [-0.2, -0.15) is 5.10 Å². The summed E-state index contributed by atoms with van der Waals surface area (Å²) < 4.78 is 11.0. The Morgan fingerprint density at radius 2 is 2.32 bits per heavy atom. The van der Waals surface area contributed by atoms with Crippen LogP contribution in [0, 0.1) is 13.8 Å². The molecule has 0 saturated carbocycles. The van der Waals surface area contributed by atoms with E-state index in [4.69, 9.17) is 9.26 Å². The maximum Gasteiger partial charge on any atom is 0.270 e. The highest BCUT2D eigenvalue weighted by atomic mass is 16.5. The summed E-state index contributed by atoms with van der Waals surface area (Å²) in [5.74, 6) is 0.323. The molecule has 118 valence electrons. The van der Waals surface area contributed by atoms with E-state index in [1.165, 1.54) is 0 Å². The van der Waals surface area contributed by atoms with Crippen LogP contribution in [0.5, 0.6) is 0 Å². The van der Waals surface area contributed by atoms with Gasteiger partial charge in [0.25, 0.3) is 5.91 Å². The lowest BCUT2D eigenvalue weighted by molar-refractivity contribution is -0.124. The lowest BCUT2D eigenvalue weighted by Crippen LogP contribution is -2.35. The van der Waals surface area contributed by atoms with Crippen molar-refractivity contribution in [2.24, 2.45) is 5.10 Å². The number of carbonyl (C=O) groups excluding carboxylic acids is 2. The predicted molar refractivity (Wildman–Crippen MR) is 75.9 cm³/mol. The van der Waals surface area contributed by atoms with Crippen LogP contribution < -0.4 is 5.43 Å². The van der Waals surface area contributed by atoms with Gasteiger partial charge in [-0.3, -0.25) is 9.59 Å². The van der Waals surface area contributed by atoms with Crippen molar-refractivity contribution in [3.8, 4) is 0 Å². The molecule has 22 heavy (non-hydrogen) atoms. The van der Waals surface area contributed by atoms with Gasteiger partial charge in [0.2, 0.25) is 5.91 Å². The molecule has 0 bridgehead atoms. The zero-order chi connectivity index (χ0) is 15.7. The topological polar surface area (TPSA) is 97.0 Å². The van der Waals surface area contributed by atoms with Gasteiger partial charge in [-0.1, -0.05) is 5.16 Å². The summed E-state index contributed by atoms with van der Waals surface area (Å²) in [6.07, 6.45) is 0.798. The van der Waals surface area contributed by atoms with Gasteiger partial charge in [0, 0.05) is 18.7 Å². The van der Waals surface area contributed by atoms with Crippen LogP contribution in [0.1, 0.15) is 29.9 Å². The molecule has 1 fully saturated rings. The normalized spacial score (nSPS) is 21.2. The second-order valence-corrected chi connectivity index (χ2v) is 5.55. The van der Waals surface area contributed by atoms with E-state index in [0.717, 1.165) is 23.4 Å². The van der Waals surface area contributed by atoms with Gasteiger partial charge in [0.05, 0.1) is 24.8 Å². The Hall–Kier alpha value is -2.22. The summed E-state index contributed by atoms with van der Waals surface area (Å²) in [5.41, 5.74) is 4.35.